The quantitative estimate of drug-likeness (QED) is 0.171. The average molecular weight is 713 g/mol. The summed E-state index contributed by atoms with van der Waals surface area (Å²) in [5.74, 6) is 3.25. The van der Waals surface area contributed by atoms with Crippen LogP contribution in [-0.4, -0.2) is 0 Å². The second kappa shape index (κ2) is 11.0. The van der Waals surface area contributed by atoms with Crippen molar-refractivity contribution in [2.45, 2.75) is 0 Å². The largest absolute Gasteiger partial charge is 0.453 e. The number of thiophene rings is 2. The molecule has 5 nitrogen and oxygen atoms in total. The fraction of sp³-hybridized carbons (Fsp3) is 0. The Kier molecular flexibility index (Phi) is 6.25. The summed E-state index contributed by atoms with van der Waals surface area (Å²) >= 11 is 5.20. The number of para-hydroxylation sites is 8. The van der Waals surface area contributed by atoms with Crippen molar-refractivity contribution < 1.29 is 9.47 Å². The number of fused-ring (bicyclic) bond motifs is 7. The zero-order valence-corrected chi connectivity index (χ0v) is 29.1. The van der Waals surface area contributed by atoms with E-state index in [-0.39, 0.29) is 5.43 Å². The highest BCUT2D eigenvalue weighted by molar-refractivity contribution is 7.31. The van der Waals surface area contributed by atoms with Gasteiger partial charge in [-0.1, -0.05) is 66.7 Å². The van der Waals surface area contributed by atoms with E-state index in [9.17, 15) is 4.79 Å². The minimum atomic E-state index is 0.0706. The number of nitrogens with zero attached hydrogens (tertiary/aromatic N) is 2. The topological polar surface area (TPSA) is 42.0 Å². The lowest BCUT2D eigenvalue weighted by Gasteiger charge is -2.33. The lowest BCUT2D eigenvalue weighted by atomic mass is 10.1. The van der Waals surface area contributed by atoms with Crippen LogP contribution < -0.4 is 24.7 Å². The molecule has 51 heavy (non-hydrogen) atoms. The third-order valence-electron chi connectivity index (χ3n) is 9.53. The second-order valence-electron chi connectivity index (χ2n) is 12.4. The maximum absolute atomic E-state index is 13.6. The molecule has 0 saturated heterocycles. The number of ether oxygens (including phenoxy) is 2. The van der Waals surface area contributed by atoms with Gasteiger partial charge in [0, 0.05) is 25.6 Å². The highest BCUT2D eigenvalue weighted by Crippen LogP contribution is 2.61. The number of hydrogen-bond acceptors (Lipinski definition) is 8. The van der Waals surface area contributed by atoms with Gasteiger partial charge in [-0.2, -0.15) is 0 Å². The minimum absolute atomic E-state index is 0.0706. The van der Waals surface area contributed by atoms with Crippen LogP contribution in [-0.2, 0) is 0 Å². The maximum Gasteiger partial charge on any atom is 0.195 e. The normalized spacial score (nSPS) is 13.0. The molecule has 0 amide bonds. The first-order valence-corrected chi connectivity index (χ1v) is 19.0. The first-order chi connectivity index (χ1) is 25.2. The predicted octanol–water partition coefficient (Wildman–Crippen LogP) is 13.5. The van der Waals surface area contributed by atoms with Crippen LogP contribution in [0.3, 0.4) is 0 Å². The van der Waals surface area contributed by atoms with Crippen molar-refractivity contribution in [2.24, 2.45) is 0 Å². The molecule has 2 aliphatic rings. The van der Waals surface area contributed by atoms with Gasteiger partial charge in [0.15, 0.2) is 28.4 Å². The van der Waals surface area contributed by atoms with Crippen molar-refractivity contribution in [2.75, 3.05) is 9.80 Å². The Balaban J connectivity index is 1.21. The van der Waals surface area contributed by atoms with Gasteiger partial charge >= 0.3 is 0 Å². The van der Waals surface area contributed by atoms with E-state index >= 15 is 0 Å². The second-order valence-corrected chi connectivity index (χ2v) is 15.4. The maximum atomic E-state index is 13.6. The summed E-state index contributed by atoms with van der Waals surface area (Å²) in [6.45, 7) is 0. The molecule has 0 spiro atoms. The molecule has 11 rings (SSSR count). The van der Waals surface area contributed by atoms with E-state index < -0.39 is 0 Å². The van der Waals surface area contributed by atoms with Crippen LogP contribution in [0.25, 0.3) is 40.0 Å². The van der Waals surface area contributed by atoms with E-state index in [1.54, 1.807) is 34.0 Å². The van der Waals surface area contributed by atoms with E-state index in [0.717, 1.165) is 87.7 Å². The van der Waals surface area contributed by atoms with E-state index in [1.165, 1.54) is 9.40 Å². The van der Waals surface area contributed by atoms with Gasteiger partial charge in [0.25, 0.3) is 0 Å². The van der Waals surface area contributed by atoms with Crippen LogP contribution in [0.1, 0.15) is 0 Å². The highest BCUT2D eigenvalue weighted by Gasteiger charge is 2.34. The zero-order valence-electron chi connectivity index (χ0n) is 26.7. The van der Waals surface area contributed by atoms with E-state index in [1.807, 2.05) is 78.9 Å². The van der Waals surface area contributed by atoms with Crippen molar-refractivity contribution >= 4 is 97.7 Å². The van der Waals surface area contributed by atoms with E-state index in [4.69, 9.17) is 9.47 Å². The number of anilines is 6. The summed E-state index contributed by atoms with van der Waals surface area (Å²) < 4.78 is 17.2. The molecule has 9 aromatic rings. The molecule has 8 heteroatoms. The lowest BCUT2D eigenvalue weighted by Crippen LogP contribution is -2.16. The zero-order chi connectivity index (χ0) is 33.6. The Morgan fingerprint density at radius 2 is 1.00 bits per heavy atom. The van der Waals surface area contributed by atoms with Crippen molar-refractivity contribution in [1.29, 1.82) is 0 Å². The predicted molar refractivity (Wildman–Crippen MR) is 214 cm³/mol. The molecule has 0 bridgehead atoms. The third kappa shape index (κ3) is 4.28. The van der Waals surface area contributed by atoms with Crippen LogP contribution in [0.5, 0.6) is 23.0 Å². The van der Waals surface area contributed by atoms with Gasteiger partial charge < -0.3 is 19.3 Å². The molecule has 0 aliphatic carbocycles. The monoisotopic (exact) mass is 712 g/mol. The molecule has 6 aromatic carbocycles. The highest BCUT2D eigenvalue weighted by atomic mass is 32.1. The molecular formula is C43H24N2O3S3. The third-order valence-corrected chi connectivity index (χ3v) is 13.0. The lowest BCUT2D eigenvalue weighted by molar-refractivity contribution is 0.477. The van der Waals surface area contributed by atoms with Crippen LogP contribution in [0.2, 0.25) is 0 Å². The summed E-state index contributed by atoms with van der Waals surface area (Å²) in [5.41, 5.74) is 7.27. The van der Waals surface area contributed by atoms with Crippen LogP contribution >= 0.6 is 34.0 Å². The summed E-state index contributed by atoms with van der Waals surface area (Å²) in [6.07, 6.45) is 0. The minimum Gasteiger partial charge on any atom is -0.453 e. The number of rotatable bonds is 3. The van der Waals surface area contributed by atoms with Crippen LogP contribution in [0, 0.1) is 0 Å². The van der Waals surface area contributed by atoms with Crippen molar-refractivity contribution in [1.82, 2.24) is 0 Å². The van der Waals surface area contributed by atoms with E-state index in [0.29, 0.717) is 0 Å². The number of benzene rings is 6. The first kappa shape index (κ1) is 28.9. The SMILES string of the molecule is O=c1c2ccccc2sc2cc(-c3sc4c(N5c6ccccc6Oc6ccccc65)csc4c3N3c4ccccc4Oc4ccccc43)ccc12. The molecule has 0 atom stereocenters. The molecule has 0 N–H and O–H groups in total. The Bertz CT molecular complexity index is 2850. The molecule has 0 saturated carbocycles. The molecule has 3 aromatic heterocycles. The summed E-state index contributed by atoms with van der Waals surface area (Å²) in [6, 6.07) is 47.1. The van der Waals surface area contributed by atoms with Gasteiger partial charge in [-0.15, -0.1) is 34.0 Å². The van der Waals surface area contributed by atoms with Crippen molar-refractivity contribution in [3.8, 4) is 33.4 Å². The molecule has 5 heterocycles. The van der Waals surface area contributed by atoms with Gasteiger partial charge in [0.2, 0.25) is 0 Å². The summed E-state index contributed by atoms with van der Waals surface area (Å²) in [4.78, 5) is 19.4. The van der Waals surface area contributed by atoms with Gasteiger partial charge in [0.1, 0.15) is 0 Å². The first-order valence-electron chi connectivity index (χ1n) is 16.5. The summed E-state index contributed by atoms with van der Waals surface area (Å²) in [5, 5.41) is 3.77. The van der Waals surface area contributed by atoms with E-state index in [2.05, 4.69) is 75.8 Å². The number of hydrogen-bond donors (Lipinski definition) is 0. The summed E-state index contributed by atoms with van der Waals surface area (Å²) in [7, 11) is 0. The molecule has 242 valence electrons. The standard InChI is InChI=1S/C43H24N2O3S3/c46-40-26-11-1-10-20-37(26)50-38-23-25(21-22-27(38)40)41-39(45-30-14-4-8-18-35(30)48-36-19-9-5-15-31(36)45)43-42(51-41)32(24-49-43)44-28-12-2-6-16-33(28)47-34-17-7-3-13-29(34)44/h1-24H. The fourth-order valence-corrected chi connectivity index (χ4v) is 10.9. The van der Waals surface area contributed by atoms with Crippen molar-refractivity contribution in [3.05, 3.63) is 155 Å². The Hall–Kier alpha value is -5.93. The van der Waals surface area contributed by atoms with Gasteiger partial charge in [0.05, 0.1) is 48.4 Å². The van der Waals surface area contributed by atoms with Crippen LogP contribution in [0.15, 0.2) is 150 Å². The van der Waals surface area contributed by atoms with Gasteiger partial charge in [-0.3, -0.25) is 4.79 Å². The smallest absolute Gasteiger partial charge is 0.195 e. The molecule has 0 radical (unpaired) electrons. The van der Waals surface area contributed by atoms with Gasteiger partial charge in [-0.05, 0) is 78.4 Å². The Labute approximate surface area is 304 Å². The average Bonchev–Trinajstić information content (AvgIpc) is 3.76. The molecular weight excluding hydrogens is 689 g/mol. The Morgan fingerprint density at radius 3 is 1.63 bits per heavy atom. The van der Waals surface area contributed by atoms with Gasteiger partial charge in [-0.25, -0.2) is 0 Å². The van der Waals surface area contributed by atoms with Crippen molar-refractivity contribution in [3.63, 3.8) is 0 Å². The molecule has 0 fully saturated rings. The fourth-order valence-electron chi connectivity index (χ4n) is 7.26. The molecule has 2 aliphatic heterocycles. The Morgan fingerprint density at radius 1 is 0.471 bits per heavy atom. The van der Waals surface area contributed by atoms with Crippen LogP contribution in [0.4, 0.5) is 34.1 Å². The molecule has 0 unspecified atom stereocenters.